The second-order valence-electron chi connectivity index (χ2n) is 7.87. The Kier molecular flexibility index (Phi) is 5.81. The molecule has 1 amide bonds. The molecule has 0 radical (unpaired) electrons. The van der Waals surface area contributed by atoms with Gasteiger partial charge in [0.1, 0.15) is 5.82 Å². The summed E-state index contributed by atoms with van der Waals surface area (Å²) in [7, 11) is 0. The minimum Gasteiger partial charge on any atom is -0.324 e. The van der Waals surface area contributed by atoms with Crippen molar-refractivity contribution in [2.24, 2.45) is 0 Å². The van der Waals surface area contributed by atoms with E-state index in [4.69, 9.17) is 4.98 Å². The number of carbonyl (C=O) groups is 1. The predicted octanol–water partition coefficient (Wildman–Crippen LogP) is 4.76. The maximum Gasteiger partial charge on any atom is 0.267 e. The topological polar surface area (TPSA) is 89.8 Å². The standard InChI is InChI=1S/C26H21N5O2S/c1-16-12-13-23(28-15-16)31-25(33)19-7-3-4-9-22(19)30-26(31)34-17(2)24(32)29-21-11-5-10-20-18(21)8-6-14-27-20/h3-15,17H,1-2H3,(H,29,32)/t17-/m0/s1. The number of para-hydroxylation sites is 1. The highest BCUT2D eigenvalue weighted by atomic mass is 32.2. The number of rotatable bonds is 5. The minimum absolute atomic E-state index is 0.202. The first-order valence-corrected chi connectivity index (χ1v) is 11.7. The lowest BCUT2D eigenvalue weighted by Gasteiger charge is -2.16. The Morgan fingerprint density at radius 2 is 1.74 bits per heavy atom. The molecule has 0 saturated carbocycles. The van der Waals surface area contributed by atoms with E-state index in [1.165, 1.54) is 16.3 Å². The number of hydrogen-bond acceptors (Lipinski definition) is 6. The van der Waals surface area contributed by atoms with Crippen molar-refractivity contribution in [1.29, 1.82) is 0 Å². The summed E-state index contributed by atoms with van der Waals surface area (Å²) in [6.07, 6.45) is 3.42. The van der Waals surface area contributed by atoms with Crippen molar-refractivity contribution in [3.63, 3.8) is 0 Å². The maximum absolute atomic E-state index is 13.4. The molecule has 0 spiro atoms. The van der Waals surface area contributed by atoms with Gasteiger partial charge in [0.05, 0.1) is 27.4 Å². The Hall–Kier alpha value is -4.04. The molecular weight excluding hydrogens is 446 g/mol. The molecule has 2 aromatic carbocycles. The van der Waals surface area contributed by atoms with E-state index in [1.807, 2.05) is 49.4 Å². The summed E-state index contributed by atoms with van der Waals surface area (Å²) in [5, 5.41) is 4.22. The fourth-order valence-corrected chi connectivity index (χ4v) is 4.56. The minimum atomic E-state index is -0.531. The third-order valence-corrected chi connectivity index (χ3v) is 6.48. The Bertz CT molecular complexity index is 1580. The highest BCUT2D eigenvalue weighted by molar-refractivity contribution is 8.00. The lowest BCUT2D eigenvalue weighted by atomic mass is 10.2. The van der Waals surface area contributed by atoms with Crippen LogP contribution in [0.4, 0.5) is 5.69 Å². The molecule has 5 aromatic rings. The second-order valence-corrected chi connectivity index (χ2v) is 9.18. The lowest BCUT2D eigenvalue weighted by Crippen LogP contribution is -2.26. The molecule has 34 heavy (non-hydrogen) atoms. The van der Waals surface area contributed by atoms with Crippen LogP contribution in [0.1, 0.15) is 12.5 Å². The number of aryl methyl sites for hydroxylation is 1. The Balaban J connectivity index is 1.51. The highest BCUT2D eigenvalue weighted by Gasteiger charge is 2.21. The third kappa shape index (κ3) is 4.15. The summed E-state index contributed by atoms with van der Waals surface area (Å²) in [4.78, 5) is 40.0. The maximum atomic E-state index is 13.4. The molecular formula is C26H21N5O2S. The molecule has 1 N–H and O–H groups in total. The molecule has 0 bridgehead atoms. The highest BCUT2D eigenvalue weighted by Crippen LogP contribution is 2.27. The fraction of sp³-hybridized carbons (Fsp3) is 0.115. The van der Waals surface area contributed by atoms with Gasteiger partial charge in [-0.25, -0.2) is 14.5 Å². The molecule has 0 fully saturated rings. The number of hydrogen-bond donors (Lipinski definition) is 1. The predicted molar refractivity (Wildman–Crippen MR) is 136 cm³/mol. The quantitative estimate of drug-likeness (QED) is 0.296. The second kappa shape index (κ2) is 9.07. The number of fused-ring (bicyclic) bond motifs is 2. The van der Waals surface area contributed by atoms with Crippen LogP contribution >= 0.6 is 11.8 Å². The number of pyridine rings is 2. The van der Waals surface area contributed by atoms with Crippen LogP contribution in [0.15, 0.2) is 89.1 Å². The Labute approximate surface area is 199 Å². The number of nitrogens with zero attached hydrogens (tertiary/aromatic N) is 4. The van der Waals surface area contributed by atoms with Crippen LogP contribution in [0.5, 0.6) is 0 Å². The summed E-state index contributed by atoms with van der Waals surface area (Å²) >= 11 is 1.22. The summed E-state index contributed by atoms with van der Waals surface area (Å²) < 4.78 is 1.47. The van der Waals surface area contributed by atoms with Crippen molar-refractivity contribution < 1.29 is 4.79 Å². The molecule has 168 valence electrons. The molecule has 0 aliphatic rings. The van der Waals surface area contributed by atoms with Crippen LogP contribution in [0, 0.1) is 6.92 Å². The fourth-order valence-electron chi connectivity index (χ4n) is 3.64. The molecule has 7 nitrogen and oxygen atoms in total. The van der Waals surface area contributed by atoms with Crippen LogP contribution in [-0.2, 0) is 4.79 Å². The summed E-state index contributed by atoms with van der Waals surface area (Å²) in [6.45, 7) is 3.72. The van der Waals surface area contributed by atoms with Crippen molar-refractivity contribution in [3.05, 3.63) is 95.0 Å². The first-order chi connectivity index (χ1) is 16.5. The zero-order valence-electron chi connectivity index (χ0n) is 18.6. The largest absolute Gasteiger partial charge is 0.324 e. The van der Waals surface area contributed by atoms with Crippen LogP contribution in [0.25, 0.3) is 27.6 Å². The average molecular weight is 468 g/mol. The molecule has 0 aliphatic heterocycles. The number of nitrogens with one attached hydrogen (secondary N) is 1. The van der Waals surface area contributed by atoms with Crippen molar-refractivity contribution in [1.82, 2.24) is 19.5 Å². The lowest BCUT2D eigenvalue weighted by molar-refractivity contribution is -0.115. The number of carbonyl (C=O) groups excluding carboxylic acids is 1. The van der Waals surface area contributed by atoms with Crippen molar-refractivity contribution in [2.45, 2.75) is 24.3 Å². The van der Waals surface area contributed by atoms with E-state index in [9.17, 15) is 9.59 Å². The van der Waals surface area contributed by atoms with Gasteiger partial charge in [-0.2, -0.15) is 0 Å². The zero-order chi connectivity index (χ0) is 23.7. The van der Waals surface area contributed by atoms with Gasteiger partial charge in [-0.15, -0.1) is 0 Å². The molecule has 1 atom stereocenters. The van der Waals surface area contributed by atoms with E-state index >= 15 is 0 Å². The summed E-state index contributed by atoms with van der Waals surface area (Å²) in [6, 6.07) is 20.2. The van der Waals surface area contributed by atoms with Crippen molar-refractivity contribution >= 4 is 45.2 Å². The first kappa shape index (κ1) is 21.8. The first-order valence-electron chi connectivity index (χ1n) is 10.8. The van der Waals surface area contributed by atoms with Gasteiger partial charge in [0.2, 0.25) is 5.91 Å². The zero-order valence-corrected chi connectivity index (χ0v) is 19.4. The van der Waals surface area contributed by atoms with Crippen LogP contribution < -0.4 is 10.9 Å². The van der Waals surface area contributed by atoms with E-state index in [2.05, 4.69) is 15.3 Å². The van der Waals surface area contributed by atoms with E-state index in [1.54, 1.807) is 43.6 Å². The van der Waals surface area contributed by atoms with Crippen LogP contribution in [-0.4, -0.2) is 30.7 Å². The van der Waals surface area contributed by atoms with E-state index in [0.717, 1.165) is 16.5 Å². The van der Waals surface area contributed by atoms with Crippen LogP contribution in [0.3, 0.4) is 0 Å². The Morgan fingerprint density at radius 3 is 2.56 bits per heavy atom. The third-order valence-electron chi connectivity index (χ3n) is 5.42. The number of benzene rings is 2. The normalized spacial score (nSPS) is 12.1. The number of thioether (sulfide) groups is 1. The molecule has 5 rings (SSSR count). The van der Waals surface area contributed by atoms with Gasteiger partial charge in [0.15, 0.2) is 5.16 Å². The van der Waals surface area contributed by atoms with E-state index in [-0.39, 0.29) is 11.5 Å². The van der Waals surface area contributed by atoms with Gasteiger partial charge in [-0.3, -0.25) is 14.6 Å². The molecule has 8 heteroatoms. The average Bonchev–Trinajstić information content (AvgIpc) is 2.85. The molecule has 0 aliphatic carbocycles. The van der Waals surface area contributed by atoms with E-state index < -0.39 is 5.25 Å². The molecule has 0 unspecified atom stereocenters. The monoisotopic (exact) mass is 467 g/mol. The number of aromatic nitrogens is 4. The van der Waals surface area contributed by atoms with E-state index in [0.29, 0.717) is 27.6 Å². The SMILES string of the molecule is Cc1ccc(-n2c(S[C@@H](C)C(=O)Nc3cccc4ncccc34)nc3ccccc3c2=O)nc1. The van der Waals surface area contributed by atoms with Crippen molar-refractivity contribution in [2.75, 3.05) is 5.32 Å². The number of amides is 1. The Morgan fingerprint density at radius 1 is 0.941 bits per heavy atom. The van der Waals surface area contributed by atoms with Gasteiger partial charge in [-0.1, -0.05) is 36.0 Å². The molecule has 3 heterocycles. The smallest absolute Gasteiger partial charge is 0.267 e. The van der Waals surface area contributed by atoms with Crippen molar-refractivity contribution in [3.8, 4) is 5.82 Å². The molecule has 0 saturated heterocycles. The van der Waals surface area contributed by atoms with Gasteiger partial charge in [-0.05, 0) is 61.9 Å². The molecule has 3 aromatic heterocycles. The summed E-state index contributed by atoms with van der Waals surface area (Å²) in [5.41, 5.74) is 2.82. The van der Waals surface area contributed by atoms with Gasteiger partial charge >= 0.3 is 0 Å². The van der Waals surface area contributed by atoms with Gasteiger partial charge in [0, 0.05) is 17.8 Å². The van der Waals surface area contributed by atoms with Gasteiger partial charge in [0.25, 0.3) is 5.56 Å². The summed E-state index contributed by atoms with van der Waals surface area (Å²) in [5.74, 6) is 0.260. The number of anilines is 1. The van der Waals surface area contributed by atoms with Gasteiger partial charge < -0.3 is 5.32 Å². The van der Waals surface area contributed by atoms with Crippen LogP contribution in [0.2, 0.25) is 0 Å².